The van der Waals surface area contributed by atoms with E-state index in [9.17, 15) is 9.59 Å². The van der Waals surface area contributed by atoms with Crippen LogP contribution in [0.4, 0.5) is 10.5 Å². The maximum Gasteiger partial charge on any atom is 0.329 e. The molecule has 1 heterocycles. The van der Waals surface area contributed by atoms with Gasteiger partial charge in [0.25, 0.3) is 0 Å². The van der Waals surface area contributed by atoms with Gasteiger partial charge in [-0.05, 0) is 49.2 Å². The Morgan fingerprint density at radius 3 is 2.50 bits per heavy atom. The third-order valence-corrected chi connectivity index (χ3v) is 5.32. The van der Waals surface area contributed by atoms with Crippen LogP contribution in [0.5, 0.6) is 0 Å². The SMILES string of the molecule is Cc1ccc(-c2nc3ccccc3o2)cc1NC(=O)NSC(=O)c1ccccc1C. The molecule has 0 aliphatic rings. The normalized spacial score (nSPS) is 10.7. The smallest absolute Gasteiger partial charge is 0.329 e. The molecule has 0 saturated heterocycles. The molecule has 0 spiro atoms. The van der Waals surface area contributed by atoms with Crippen LogP contribution in [-0.2, 0) is 0 Å². The van der Waals surface area contributed by atoms with E-state index < -0.39 is 6.03 Å². The van der Waals surface area contributed by atoms with Crippen LogP contribution in [0, 0.1) is 13.8 Å². The summed E-state index contributed by atoms with van der Waals surface area (Å²) < 4.78 is 8.35. The summed E-state index contributed by atoms with van der Waals surface area (Å²) in [6.07, 6.45) is 0. The number of para-hydroxylation sites is 2. The van der Waals surface area contributed by atoms with Crippen LogP contribution < -0.4 is 10.0 Å². The average molecular weight is 417 g/mol. The van der Waals surface area contributed by atoms with Crippen LogP contribution in [0.3, 0.4) is 0 Å². The molecule has 3 aromatic carbocycles. The molecule has 30 heavy (non-hydrogen) atoms. The van der Waals surface area contributed by atoms with Gasteiger partial charge in [-0.3, -0.25) is 9.52 Å². The summed E-state index contributed by atoms with van der Waals surface area (Å²) in [6, 6.07) is 19.9. The maximum absolute atomic E-state index is 12.3. The summed E-state index contributed by atoms with van der Waals surface area (Å²) in [4.78, 5) is 29.1. The lowest BCUT2D eigenvalue weighted by atomic mass is 10.1. The first-order chi connectivity index (χ1) is 14.5. The lowest BCUT2D eigenvalue weighted by Gasteiger charge is -2.10. The molecule has 0 fully saturated rings. The quantitative estimate of drug-likeness (QED) is 0.416. The number of nitrogens with zero attached hydrogens (tertiary/aromatic N) is 1. The molecule has 0 unspecified atom stereocenters. The van der Waals surface area contributed by atoms with Crippen LogP contribution in [0.15, 0.2) is 71.1 Å². The van der Waals surface area contributed by atoms with Crippen molar-refractivity contribution in [1.29, 1.82) is 0 Å². The van der Waals surface area contributed by atoms with E-state index in [1.54, 1.807) is 18.2 Å². The molecule has 150 valence electrons. The Balaban J connectivity index is 1.46. The summed E-state index contributed by atoms with van der Waals surface area (Å²) >= 11 is 0.749. The predicted molar refractivity (Wildman–Crippen MR) is 119 cm³/mol. The standard InChI is InChI=1S/C23H19N3O3S/c1-14-7-3-4-8-17(14)22(27)30-26-23(28)25-19-13-16(12-11-15(19)2)21-24-18-9-5-6-10-20(18)29-21/h3-13H,1-2H3,(H2,25,26,28). The molecule has 6 nitrogen and oxygen atoms in total. The largest absolute Gasteiger partial charge is 0.436 e. The molecular formula is C23H19N3O3S. The number of benzene rings is 3. The summed E-state index contributed by atoms with van der Waals surface area (Å²) in [7, 11) is 0. The van der Waals surface area contributed by atoms with Gasteiger partial charge in [-0.2, -0.15) is 0 Å². The second kappa shape index (κ2) is 8.42. The number of carbonyl (C=O) groups excluding carboxylic acids is 2. The fourth-order valence-corrected chi connectivity index (χ4v) is 3.56. The zero-order chi connectivity index (χ0) is 21.1. The van der Waals surface area contributed by atoms with Gasteiger partial charge in [0.2, 0.25) is 11.0 Å². The van der Waals surface area contributed by atoms with Crippen molar-refractivity contribution in [3.8, 4) is 11.5 Å². The lowest BCUT2D eigenvalue weighted by molar-refractivity contribution is 0.108. The number of hydrogen-bond acceptors (Lipinski definition) is 5. The van der Waals surface area contributed by atoms with Gasteiger partial charge in [-0.25, -0.2) is 9.78 Å². The first-order valence-corrected chi connectivity index (χ1v) is 10.1. The van der Waals surface area contributed by atoms with Crippen molar-refractivity contribution < 1.29 is 14.0 Å². The number of aromatic nitrogens is 1. The number of amides is 2. The summed E-state index contributed by atoms with van der Waals surface area (Å²) in [5.74, 6) is 0.476. The number of nitrogens with one attached hydrogen (secondary N) is 2. The van der Waals surface area contributed by atoms with Crippen molar-refractivity contribution >= 4 is 39.9 Å². The Morgan fingerprint density at radius 1 is 0.933 bits per heavy atom. The minimum Gasteiger partial charge on any atom is -0.436 e. The number of anilines is 1. The Kier molecular flexibility index (Phi) is 5.54. The fourth-order valence-electron chi connectivity index (χ4n) is 2.98. The van der Waals surface area contributed by atoms with Gasteiger partial charge in [0.05, 0.1) is 0 Å². The van der Waals surface area contributed by atoms with Gasteiger partial charge < -0.3 is 9.73 Å². The van der Waals surface area contributed by atoms with Crippen LogP contribution in [0.2, 0.25) is 0 Å². The average Bonchev–Trinajstić information content (AvgIpc) is 3.18. The highest BCUT2D eigenvalue weighted by molar-refractivity contribution is 8.12. The molecule has 0 radical (unpaired) electrons. The molecule has 0 atom stereocenters. The summed E-state index contributed by atoms with van der Waals surface area (Å²) in [5.41, 5.74) is 5.13. The molecule has 0 aliphatic heterocycles. The monoisotopic (exact) mass is 417 g/mol. The van der Waals surface area contributed by atoms with E-state index in [4.69, 9.17) is 4.42 Å². The van der Waals surface area contributed by atoms with Crippen LogP contribution in [0.1, 0.15) is 21.5 Å². The number of fused-ring (bicyclic) bond motifs is 1. The van der Waals surface area contributed by atoms with E-state index in [-0.39, 0.29) is 5.12 Å². The molecule has 0 aliphatic carbocycles. The summed E-state index contributed by atoms with van der Waals surface area (Å²) in [6.45, 7) is 3.74. The van der Waals surface area contributed by atoms with Crippen molar-refractivity contribution in [3.63, 3.8) is 0 Å². The highest BCUT2D eigenvalue weighted by Crippen LogP contribution is 2.28. The molecule has 1 aromatic heterocycles. The topological polar surface area (TPSA) is 84.2 Å². The Bertz CT molecular complexity index is 1220. The van der Waals surface area contributed by atoms with E-state index in [1.807, 2.05) is 62.4 Å². The molecule has 4 aromatic rings. The molecule has 4 rings (SSSR count). The first kappa shape index (κ1) is 19.7. The number of carbonyl (C=O) groups is 2. The number of oxazole rings is 1. The van der Waals surface area contributed by atoms with Crippen molar-refractivity contribution in [2.24, 2.45) is 0 Å². The third kappa shape index (κ3) is 4.21. The van der Waals surface area contributed by atoms with E-state index in [0.717, 1.165) is 34.2 Å². The van der Waals surface area contributed by atoms with Gasteiger partial charge in [0.15, 0.2) is 5.58 Å². The van der Waals surface area contributed by atoms with Crippen molar-refractivity contribution in [2.75, 3.05) is 5.32 Å². The first-order valence-electron chi connectivity index (χ1n) is 9.31. The summed E-state index contributed by atoms with van der Waals surface area (Å²) in [5, 5.41) is 2.56. The Labute approximate surface area is 177 Å². The second-order valence-corrected chi connectivity index (χ2v) is 7.56. The molecule has 7 heteroatoms. The number of urea groups is 1. The Hall–Kier alpha value is -3.58. The highest BCUT2D eigenvalue weighted by atomic mass is 32.2. The van der Waals surface area contributed by atoms with Crippen LogP contribution >= 0.6 is 11.9 Å². The molecule has 0 bridgehead atoms. The number of rotatable bonds is 3. The Morgan fingerprint density at radius 2 is 1.70 bits per heavy atom. The molecule has 2 N–H and O–H groups in total. The zero-order valence-corrected chi connectivity index (χ0v) is 17.2. The van der Waals surface area contributed by atoms with Crippen molar-refractivity contribution in [1.82, 2.24) is 9.71 Å². The number of hydrogen-bond donors (Lipinski definition) is 2. The molecular weight excluding hydrogens is 398 g/mol. The molecule has 0 saturated carbocycles. The maximum atomic E-state index is 12.3. The number of aryl methyl sites for hydroxylation is 2. The van der Waals surface area contributed by atoms with Gasteiger partial charge >= 0.3 is 6.03 Å². The fraction of sp³-hybridized carbons (Fsp3) is 0.0870. The van der Waals surface area contributed by atoms with Crippen LogP contribution in [-0.4, -0.2) is 16.1 Å². The van der Waals surface area contributed by atoms with E-state index in [0.29, 0.717) is 22.7 Å². The highest BCUT2D eigenvalue weighted by Gasteiger charge is 2.14. The van der Waals surface area contributed by atoms with E-state index >= 15 is 0 Å². The van der Waals surface area contributed by atoms with E-state index in [2.05, 4.69) is 15.0 Å². The van der Waals surface area contributed by atoms with Gasteiger partial charge in [0, 0.05) is 28.8 Å². The van der Waals surface area contributed by atoms with Gasteiger partial charge in [0.1, 0.15) is 5.52 Å². The van der Waals surface area contributed by atoms with Crippen molar-refractivity contribution in [2.45, 2.75) is 13.8 Å². The van der Waals surface area contributed by atoms with E-state index in [1.165, 1.54) is 0 Å². The zero-order valence-electron chi connectivity index (χ0n) is 16.4. The second-order valence-electron chi connectivity index (χ2n) is 6.78. The predicted octanol–water partition coefficient (Wildman–Crippen LogP) is 5.72. The molecule has 2 amide bonds. The lowest BCUT2D eigenvalue weighted by Crippen LogP contribution is -2.24. The third-order valence-electron chi connectivity index (χ3n) is 4.63. The van der Waals surface area contributed by atoms with Crippen molar-refractivity contribution in [3.05, 3.63) is 83.4 Å². The van der Waals surface area contributed by atoms with Gasteiger partial charge in [-0.1, -0.05) is 42.5 Å². The minimum atomic E-state index is -0.486. The minimum absolute atomic E-state index is 0.222. The van der Waals surface area contributed by atoms with Gasteiger partial charge in [-0.15, -0.1) is 0 Å². The van der Waals surface area contributed by atoms with Crippen LogP contribution in [0.25, 0.3) is 22.6 Å².